The number of alkyl halides is 3. The fourth-order valence-corrected chi connectivity index (χ4v) is 1.65. The lowest BCUT2D eigenvalue weighted by Crippen LogP contribution is -2.19. The van der Waals surface area contributed by atoms with Crippen LogP contribution >= 0.6 is 0 Å². The molecule has 1 rings (SSSR count). The van der Waals surface area contributed by atoms with Crippen molar-refractivity contribution >= 4 is 16.6 Å². The first-order valence-corrected chi connectivity index (χ1v) is 4.68. The number of aromatic nitrogens is 2. The van der Waals surface area contributed by atoms with E-state index in [1.807, 2.05) is 0 Å². The predicted octanol–water partition coefficient (Wildman–Crippen LogP) is 1.10. The van der Waals surface area contributed by atoms with E-state index in [4.69, 9.17) is 0 Å². The van der Waals surface area contributed by atoms with Crippen molar-refractivity contribution in [2.75, 3.05) is 19.0 Å². The molecule has 0 bridgehead atoms. The van der Waals surface area contributed by atoms with Crippen molar-refractivity contribution in [3.05, 3.63) is 6.20 Å². The minimum Gasteiger partial charge on any atom is -0.362 e. The number of hydrogen-bond donors (Lipinski definition) is 1. The Labute approximate surface area is 80.6 Å². The molecule has 1 aromatic rings. The van der Waals surface area contributed by atoms with Gasteiger partial charge in [0.05, 0.1) is 6.20 Å². The Morgan fingerprint density at radius 2 is 2.07 bits per heavy atom. The van der Waals surface area contributed by atoms with Crippen LogP contribution in [0.1, 0.15) is 0 Å². The smallest absolute Gasteiger partial charge is 0.362 e. The van der Waals surface area contributed by atoms with E-state index < -0.39 is 16.3 Å². The lowest BCUT2D eigenvalue weighted by molar-refractivity contribution is -0.0384. The number of anilines is 1. The third-order valence-corrected chi connectivity index (χ3v) is 2.56. The molecule has 0 aromatic carbocycles. The summed E-state index contributed by atoms with van der Waals surface area (Å²) in [4.78, 5) is 1.02. The SMILES string of the molecule is CN(C)c1[nH]ncc1S(=O)C(F)(F)F. The molecule has 1 unspecified atom stereocenters. The van der Waals surface area contributed by atoms with Crippen LogP contribution in [0.25, 0.3) is 0 Å². The first-order chi connectivity index (χ1) is 6.34. The van der Waals surface area contributed by atoms with Crippen LogP contribution in [0.15, 0.2) is 11.1 Å². The third kappa shape index (κ3) is 2.06. The summed E-state index contributed by atoms with van der Waals surface area (Å²) in [6, 6.07) is 0. The number of rotatable bonds is 2. The van der Waals surface area contributed by atoms with Crippen LogP contribution < -0.4 is 4.90 Å². The van der Waals surface area contributed by atoms with E-state index in [2.05, 4.69) is 10.2 Å². The Hall–Kier alpha value is -1.05. The van der Waals surface area contributed by atoms with Crippen LogP contribution in [0.3, 0.4) is 0 Å². The van der Waals surface area contributed by atoms with Crippen molar-refractivity contribution in [1.29, 1.82) is 0 Å². The molecule has 0 aliphatic carbocycles. The number of aromatic amines is 1. The van der Waals surface area contributed by atoms with Gasteiger partial charge in [-0.05, 0) is 0 Å². The average Bonchev–Trinajstić information content (AvgIpc) is 2.48. The molecule has 80 valence electrons. The van der Waals surface area contributed by atoms with Crippen molar-refractivity contribution in [1.82, 2.24) is 10.2 Å². The van der Waals surface area contributed by atoms with Crippen molar-refractivity contribution in [2.24, 2.45) is 0 Å². The fourth-order valence-electron chi connectivity index (χ4n) is 0.849. The summed E-state index contributed by atoms with van der Waals surface area (Å²) in [5.74, 6) is 0.0978. The highest BCUT2D eigenvalue weighted by atomic mass is 32.2. The Morgan fingerprint density at radius 1 is 1.50 bits per heavy atom. The van der Waals surface area contributed by atoms with Gasteiger partial charge in [-0.15, -0.1) is 0 Å². The van der Waals surface area contributed by atoms with Crippen molar-refractivity contribution < 1.29 is 17.4 Å². The van der Waals surface area contributed by atoms with E-state index in [1.54, 1.807) is 0 Å². The molecular weight excluding hydrogens is 219 g/mol. The summed E-state index contributed by atoms with van der Waals surface area (Å²) in [5.41, 5.74) is -4.76. The summed E-state index contributed by atoms with van der Waals surface area (Å²) in [5, 5.41) is 5.76. The standard InChI is InChI=1S/C6H8F3N3OS/c1-12(2)5-4(3-10-11-5)14(13)6(7,8)9/h3H,1-2H3,(H,10,11). The van der Waals surface area contributed by atoms with Crippen molar-refractivity contribution in [3.8, 4) is 0 Å². The van der Waals surface area contributed by atoms with Gasteiger partial charge < -0.3 is 4.90 Å². The van der Waals surface area contributed by atoms with Crippen molar-refractivity contribution in [3.63, 3.8) is 0 Å². The van der Waals surface area contributed by atoms with E-state index in [0.717, 1.165) is 6.20 Å². The molecule has 1 N–H and O–H groups in total. The predicted molar refractivity (Wildman–Crippen MR) is 45.4 cm³/mol. The molecule has 4 nitrogen and oxygen atoms in total. The van der Waals surface area contributed by atoms with E-state index in [1.165, 1.54) is 19.0 Å². The molecule has 8 heteroatoms. The second-order valence-electron chi connectivity index (χ2n) is 2.69. The summed E-state index contributed by atoms with van der Waals surface area (Å²) < 4.78 is 47.2. The Balaban J connectivity index is 3.08. The van der Waals surface area contributed by atoms with Gasteiger partial charge in [0, 0.05) is 14.1 Å². The third-order valence-electron chi connectivity index (χ3n) is 1.44. The molecule has 0 fully saturated rings. The number of halogens is 3. The summed E-state index contributed by atoms with van der Waals surface area (Å²) in [7, 11) is 0.0275. The van der Waals surface area contributed by atoms with Gasteiger partial charge >= 0.3 is 5.51 Å². The molecule has 1 atom stereocenters. The van der Waals surface area contributed by atoms with Gasteiger partial charge in [-0.25, -0.2) is 4.21 Å². The zero-order valence-corrected chi connectivity index (χ0v) is 8.24. The lowest BCUT2D eigenvalue weighted by atomic mass is 10.6. The molecule has 0 aliphatic heterocycles. The highest BCUT2D eigenvalue weighted by Gasteiger charge is 2.40. The molecule has 0 saturated carbocycles. The van der Waals surface area contributed by atoms with Crippen LogP contribution in [0.4, 0.5) is 19.0 Å². The Bertz CT molecular complexity index is 346. The van der Waals surface area contributed by atoms with Gasteiger partial charge in [0.25, 0.3) is 0 Å². The Kier molecular flexibility index (Phi) is 2.84. The first-order valence-electron chi connectivity index (χ1n) is 3.53. The molecule has 0 radical (unpaired) electrons. The monoisotopic (exact) mass is 227 g/mol. The van der Waals surface area contributed by atoms with E-state index in [0.29, 0.717) is 0 Å². The summed E-state index contributed by atoms with van der Waals surface area (Å²) in [6.45, 7) is 0. The molecule has 0 spiro atoms. The minimum absolute atomic E-state index is 0.0978. The van der Waals surface area contributed by atoms with Gasteiger partial charge in [-0.1, -0.05) is 0 Å². The maximum atomic E-state index is 12.1. The van der Waals surface area contributed by atoms with Crippen LogP contribution in [0.5, 0.6) is 0 Å². The van der Waals surface area contributed by atoms with Gasteiger partial charge in [0.2, 0.25) is 0 Å². The normalized spacial score (nSPS) is 14.1. The van der Waals surface area contributed by atoms with Crippen LogP contribution in [-0.2, 0) is 10.8 Å². The zero-order chi connectivity index (χ0) is 10.9. The van der Waals surface area contributed by atoms with Gasteiger partial charge in [-0.3, -0.25) is 5.10 Å². The highest BCUT2D eigenvalue weighted by Crippen LogP contribution is 2.30. The highest BCUT2D eigenvalue weighted by molar-refractivity contribution is 7.86. The lowest BCUT2D eigenvalue weighted by Gasteiger charge is -2.12. The molecule has 1 heterocycles. The van der Waals surface area contributed by atoms with Crippen LogP contribution in [0.2, 0.25) is 0 Å². The molecule has 0 saturated heterocycles. The molecular formula is C6H8F3N3OS. The maximum absolute atomic E-state index is 12.1. The van der Waals surface area contributed by atoms with Gasteiger partial charge in [-0.2, -0.15) is 18.3 Å². The molecule has 1 aromatic heterocycles. The average molecular weight is 227 g/mol. The molecule has 14 heavy (non-hydrogen) atoms. The topological polar surface area (TPSA) is 49.0 Å². The van der Waals surface area contributed by atoms with E-state index in [9.17, 15) is 17.4 Å². The maximum Gasteiger partial charge on any atom is 0.476 e. The zero-order valence-electron chi connectivity index (χ0n) is 7.42. The minimum atomic E-state index is -4.76. The Morgan fingerprint density at radius 3 is 2.50 bits per heavy atom. The van der Waals surface area contributed by atoms with E-state index in [-0.39, 0.29) is 10.7 Å². The fraction of sp³-hybridized carbons (Fsp3) is 0.500. The van der Waals surface area contributed by atoms with Gasteiger partial charge in [0.15, 0.2) is 10.8 Å². The van der Waals surface area contributed by atoms with Crippen molar-refractivity contribution in [2.45, 2.75) is 10.4 Å². The molecule has 0 aliphatic rings. The second kappa shape index (κ2) is 3.60. The molecule has 0 amide bonds. The number of H-pyrrole nitrogens is 1. The van der Waals surface area contributed by atoms with Crippen LogP contribution in [-0.4, -0.2) is 34.0 Å². The van der Waals surface area contributed by atoms with E-state index >= 15 is 0 Å². The quantitative estimate of drug-likeness (QED) is 0.823. The second-order valence-corrected chi connectivity index (χ2v) is 4.13. The largest absolute Gasteiger partial charge is 0.476 e. The number of nitrogens with zero attached hydrogens (tertiary/aromatic N) is 2. The summed E-state index contributed by atoms with van der Waals surface area (Å²) >= 11 is 0. The first kappa shape index (κ1) is 11.0. The van der Waals surface area contributed by atoms with Crippen LogP contribution in [0, 0.1) is 0 Å². The number of hydrogen-bond acceptors (Lipinski definition) is 3. The van der Waals surface area contributed by atoms with Gasteiger partial charge in [0.1, 0.15) is 10.7 Å². The number of nitrogens with one attached hydrogen (secondary N) is 1. The summed E-state index contributed by atoms with van der Waals surface area (Å²) in [6.07, 6.45) is 0.916.